The number of nitrogens with two attached hydrogens (primary N) is 1. The average molecular weight is 373 g/mol. The normalized spacial score (nSPS) is 10.5. The fraction of sp³-hybridized carbons (Fsp3) is 0.154. The zero-order valence-corrected chi connectivity index (χ0v) is 13.6. The molecule has 0 aliphatic rings. The van der Waals surface area contributed by atoms with Gasteiger partial charge in [-0.2, -0.15) is 5.10 Å². The van der Waals surface area contributed by atoms with Crippen molar-refractivity contribution >= 4 is 44.6 Å². The van der Waals surface area contributed by atoms with Crippen molar-refractivity contribution in [3.8, 4) is 0 Å². The van der Waals surface area contributed by atoms with Gasteiger partial charge in [-0.15, -0.1) is 5.10 Å². The van der Waals surface area contributed by atoms with E-state index in [0.717, 1.165) is 12.1 Å². The molecule has 1 aromatic heterocycles. The largest absolute Gasteiger partial charge is 0.389 e. The Kier molecular flexibility index (Phi) is 4.48. The van der Waals surface area contributed by atoms with Gasteiger partial charge in [-0.05, 0) is 31.5 Å². The van der Waals surface area contributed by atoms with Crippen LogP contribution in [0.4, 0.5) is 20.3 Å². The molecule has 0 saturated heterocycles. The van der Waals surface area contributed by atoms with Crippen LogP contribution in [0.25, 0.3) is 0 Å². The highest BCUT2D eigenvalue weighted by Crippen LogP contribution is 2.28. The molecule has 8 heteroatoms. The first-order valence-electron chi connectivity index (χ1n) is 5.86. The second-order valence-corrected chi connectivity index (χ2v) is 5.72. The Bertz CT molecular complexity index is 713. The van der Waals surface area contributed by atoms with Gasteiger partial charge in [0.05, 0.1) is 11.3 Å². The average Bonchev–Trinajstić information content (AvgIpc) is 2.37. The van der Waals surface area contributed by atoms with Gasteiger partial charge in [-0.3, -0.25) is 0 Å². The molecular formula is C13H11BrF2N4S. The maximum atomic E-state index is 13.9. The molecule has 0 fully saturated rings. The first kappa shape index (κ1) is 15.7. The number of nitrogens with one attached hydrogen (secondary N) is 1. The van der Waals surface area contributed by atoms with Crippen LogP contribution in [-0.2, 0) is 0 Å². The van der Waals surface area contributed by atoms with Crippen LogP contribution in [-0.4, -0.2) is 15.2 Å². The molecule has 1 heterocycles. The number of anilines is 2. The molecule has 3 N–H and O–H groups in total. The first-order valence-corrected chi connectivity index (χ1v) is 7.06. The smallest absolute Gasteiger partial charge is 0.163 e. The first-order chi connectivity index (χ1) is 9.81. The third-order valence-electron chi connectivity index (χ3n) is 2.95. The molecule has 0 aliphatic carbocycles. The molecule has 0 radical (unpaired) electrons. The molecule has 0 spiro atoms. The van der Waals surface area contributed by atoms with Gasteiger partial charge in [0.15, 0.2) is 17.5 Å². The molecule has 4 nitrogen and oxygen atoms in total. The minimum Gasteiger partial charge on any atom is -0.389 e. The van der Waals surface area contributed by atoms with Gasteiger partial charge in [0, 0.05) is 4.47 Å². The fourth-order valence-electron chi connectivity index (χ4n) is 1.78. The number of thiocarbonyl (C=S) groups is 1. The van der Waals surface area contributed by atoms with E-state index in [1.165, 1.54) is 0 Å². The number of aryl methyl sites for hydroxylation is 1. The molecule has 110 valence electrons. The quantitative estimate of drug-likeness (QED) is 0.807. The van der Waals surface area contributed by atoms with Crippen molar-refractivity contribution in [1.82, 2.24) is 10.2 Å². The van der Waals surface area contributed by atoms with Crippen LogP contribution in [0, 0.1) is 25.5 Å². The van der Waals surface area contributed by atoms with Gasteiger partial charge >= 0.3 is 0 Å². The van der Waals surface area contributed by atoms with Crippen LogP contribution in [0.1, 0.15) is 16.8 Å². The summed E-state index contributed by atoms with van der Waals surface area (Å²) >= 11 is 7.99. The number of nitrogens with zero attached hydrogens (tertiary/aromatic N) is 2. The maximum Gasteiger partial charge on any atom is 0.163 e. The van der Waals surface area contributed by atoms with Crippen LogP contribution in [0.15, 0.2) is 16.6 Å². The van der Waals surface area contributed by atoms with Crippen LogP contribution >= 0.6 is 28.1 Å². The highest BCUT2D eigenvalue weighted by atomic mass is 79.9. The maximum absolute atomic E-state index is 13.9. The Morgan fingerprint density at radius 1 is 1.24 bits per heavy atom. The molecule has 2 rings (SSSR count). The summed E-state index contributed by atoms with van der Waals surface area (Å²) in [7, 11) is 0. The van der Waals surface area contributed by atoms with Gasteiger partial charge in [0.2, 0.25) is 0 Å². The van der Waals surface area contributed by atoms with Gasteiger partial charge in [-0.25, -0.2) is 8.78 Å². The number of hydrogen-bond donors (Lipinski definition) is 2. The number of rotatable bonds is 3. The molecule has 0 aliphatic heterocycles. The number of halogens is 3. The molecule has 1 aromatic carbocycles. The summed E-state index contributed by atoms with van der Waals surface area (Å²) < 4.78 is 28.0. The van der Waals surface area contributed by atoms with E-state index in [9.17, 15) is 8.78 Å². The summed E-state index contributed by atoms with van der Waals surface area (Å²) in [5.74, 6) is -1.42. The van der Waals surface area contributed by atoms with Crippen molar-refractivity contribution in [1.29, 1.82) is 0 Å². The predicted octanol–water partition coefficient (Wildman–Crippen LogP) is 3.51. The van der Waals surface area contributed by atoms with E-state index in [0.29, 0.717) is 21.3 Å². The van der Waals surface area contributed by atoms with E-state index < -0.39 is 11.6 Å². The fourth-order valence-corrected chi connectivity index (χ4v) is 2.43. The Labute approximate surface area is 133 Å². The Morgan fingerprint density at radius 2 is 1.81 bits per heavy atom. The highest BCUT2D eigenvalue weighted by molar-refractivity contribution is 9.10. The summed E-state index contributed by atoms with van der Waals surface area (Å²) in [4.78, 5) is 0.0749. The van der Waals surface area contributed by atoms with Gasteiger partial charge in [-0.1, -0.05) is 28.1 Å². The second kappa shape index (κ2) is 5.98. The third kappa shape index (κ3) is 3.16. The Hall–Kier alpha value is -1.67. The highest BCUT2D eigenvalue weighted by Gasteiger charge is 2.17. The molecule has 0 amide bonds. The number of hydrogen-bond acceptors (Lipinski definition) is 4. The van der Waals surface area contributed by atoms with E-state index in [4.69, 9.17) is 18.0 Å². The lowest BCUT2D eigenvalue weighted by Crippen LogP contribution is -2.17. The van der Waals surface area contributed by atoms with Gasteiger partial charge < -0.3 is 11.1 Å². The molecule has 0 bridgehead atoms. The summed E-state index contributed by atoms with van der Waals surface area (Å²) in [5.41, 5.74) is 7.09. The lowest BCUT2D eigenvalue weighted by Gasteiger charge is -2.14. The monoisotopic (exact) mass is 372 g/mol. The van der Waals surface area contributed by atoms with E-state index in [-0.39, 0.29) is 16.5 Å². The van der Waals surface area contributed by atoms with E-state index in [2.05, 4.69) is 31.4 Å². The summed E-state index contributed by atoms with van der Waals surface area (Å²) in [5, 5.41) is 10.4. The van der Waals surface area contributed by atoms with E-state index in [1.54, 1.807) is 13.8 Å². The van der Waals surface area contributed by atoms with E-state index >= 15 is 0 Å². The molecule has 0 atom stereocenters. The zero-order valence-electron chi connectivity index (χ0n) is 11.2. The molecule has 21 heavy (non-hydrogen) atoms. The topological polar surface area (TPSA) is 63.8 Å². The molecular weight excluding hydrogens is 362 g/mol. The van der Waals surface area contributed by atoms with Crippen molar-refractivity contribution in [2.45, 2.75) is 13.8 Å². The molecule has 2 aromatic rings. The van der Waals surface area contributed by atoms with E-state index in [1.807, 2.05) is 0 Å². The SMILES string of the molecule is Cc1nnc(Nc2c(F)cc(Br)cc2F)c(C(N)=S)c1C. The van der Waals surface area contributed by atoms with Gasteiger partial charge in [0.25, 0.3) is 0 Å². The van der Waals surface area contributed by atoms with Crippen LogP contribution in [0.2, 0.25) is 0 Å². The Balaban J connectivity index is 2.55. The van der Waals surface area contributed by atoms with Crippen LogP contribution in [0.3, 0.4) is 0 Å². The van der Waals surface area contributed by atoms with Crippen molar-refractivity contribution in [3.05, 3.63) is 45.1 Å². The van der Waals surface area contributed by atoms with Crippen molar-refractivity contribution < 1.29 is 8.78 Å². The predicted molar refractivity (Wildman–Crippen MR) is 84.7 cm³/mol. The molecule has 0 unspecified atom stereocenters. The van der Waals surface area contributed by atoms with Crippen LogP contribution in [0.5, 0.6) is 0 Å². The summed E-state index contributed by atoms with van der Waals surface area (Å²) in [6, 6.07) is 2.28. The van der Waals surface area contributed by atoms with Crippen molar-refractivity contribution in [2.75, 3.05) is 5.32 Å². The Morgan fingerprint density at radius 3 is 2.33 bits per heavy atom. The minimum atomic E-state index is -0.768. The third-order valence-corrected chi connectivity index (χ3v) is 3.61. The lowest BCUT2D eigenvalue weighted by molar-refractivity contribution is 0.589. The zero-order chi connectivity index (χ0) is 15.7. The minimum absolute atomic E-state index is 0.0749. The standard InChI is InChI=1S/C13H11BrF2N4S/c1-5-6(2)19-20-13(10(5)12(17)21)18-11-8(15)3-7(14)4-9(11)16/h3-4H,1-2H3,(H2,17,21)(H,18,20). The van der Waals surface area contributed by atoms with Crippen molar-refractivity contribution in [3.63, 3.8) is 0 Å². The number of benzene rings is 1. The summed E-state index contributed by atoms with van der Waals surface area (Å²) in [6.07, 6.45) is 0. The lowest BCUT2D eigenvalue weighted by atomic mass is 10.1. The van der Waals surface area contributed by atoms with Crippen LogP contribution < -0.4 is 11.1 Å². The second-order valence-electron chi connectivity index (χ2n) is 4.37. The number of aromatic nitrogens is 2. The molecule has 0 saturated carbocycles. The summed E-state index contributed by atoms with van der Waals surface area (Å²) in [6.45, 7) is 3.51. The van der Waals surface area contributed by atoms with Crippen molar-refractivity contribution in [2.24, 2.45) is 5.73 Å². The van der Waals surface area contributed by atoms with Gasteiger partial charge in [0.1, 0.15) is 10.7 Å².